The Labute approximate surface area is 104 Å². The third-order valence-corrected chi connectivity index (χ3v) is 3.19. The third-order valence-electron chi connectivity index (χ3n) is 3.19. The van der Waals surface area contributed by atoms with Crippen molar-refractivity contribution in [3.8, 4) is 0 Å². The van der Waals surface area contributed by atoms with Crippen molar-refractivity contribution in [2.45, 2.75) is 51.6 Å². The minimum Gasteiger partial charge on any atom is -0.396 e. The minimum absolute atomic E-state index is 0.121. The van der Waals surface area contributed by atoms with E-state index in [2.05, 4.69) is 32.9 Å². The summed E-state index contributed by atoms with van der Waals surface area (Å²) < 4.78 is 0. The van der Waals surface area contributed by atoms with Crippen LogP contribution in [0.25, 0.3) is 0 Å². The SMILES string of the molecule is CC(C)(C)c1ccc(C(C)(O)CCCO)cc1. The molecule has 2 N–H and O–H groups in total. The van der Waals surface area contributed by atoms with E-state index >= 15 is 0 Å². The first-order valence-corrected chi connectivity index (χ1v) is 6.21. The van der Waals surface area contributed by atoms with Crippen LogP contribution in [0.4, 0.5) is 0 Å². The van der Waals surface area contributed by atoms with Crippen molar-refractivity contribution in [1.82, 2.24) is 0 Å². The average molecular weight is 236 g/mol. The van der Waals surface area contributed by atoms with Gasteiger partial charge in [-0.25, -0.2) is 0 Å². The molecular weight excluding hydrogens is 212 g/mol. The molecule has 96 valence electrons. The monoisotopic (exact) mass is 236 g/mol. The van der Waals surface area contributed by atoms with Gasteiger partial charge in [0.15, 0.2) is 0 Å². The quantitative estimate of drug-likeness (QED) is 0.843. The highest BCUT2D eigenvalue weighted by atomic mass is 16.3. The predicted octanol–water partition coefficient (Wildman–Crippen LogP) is 2.96. The molecule has 2 heteroatoms. The molecule has 0 radical (unpaired) electrons. The van der Waals surface area contributed by atoms with Gasteiger partial charge in [-0.05, 0) is 36.3 Å². The molecule has 17 heavy (non-hydrogen) atoms. The van der Waals surface area contributed by atoms with Gasteiger partial charge in [0.25, 0.3) is 0 Å². The molecule has 0 aliphatic heterocycles. The van der Waals surface area contributed by atoms with E-state index in [9.17, 15) is 5.11 Å². The van der Waals surface area contributed by atoms with Gasteiger partial charge >= 0.3 is 0 Å². The first-order chi connectivity index (χ1) is 7.77. The highest BCUT2D eigenvalue weighted by molar-refractivity contribution is 5.30. The topological polar surface area (TPSA) is 40.5 Å². The molecule has 2 nitrogen and oxygen atoms in total. The second-order valence-corrected chi connectivity index (χ2v) is 5.93. The van der Waals surface area contributed by atoms with Crippen molar-refractivity contribution in [1.29, 1.82) is 0 Å². The molecule has 1 rings (SSSR count). The maximum Gasteiger partial charge on any atom is 0.0869 e. The van der Waals surface area contributed by atoms with E-state index in [-0.39, 0.29) is 12.0 Å². The third kappa shape index (κ3) is 3.83. The predicted molar refractivity (Wildman–Crippen MR) is 71.0 cm³/mol. The van der Waals surface area contributed by atoms with E-state index < -0.39 is 5.60 Å². The highest BCUT2D eigenvalue weighted by Crippen LogP contribution is 2.28. The van der Waals surface area contributed by atoms with Gasteiger partial charge in [0.2, 0.25) is 0 Å². The highest BCUT2D eigenvalue weighted by Gasteiger charge is 2.23. The number of aliphatic hydroxyl groups is 2. The van der Waals surface area contributed by atoms with Crippen LogP contribution in [0.15, 0.2) is 24.3 Å². The lowest BCUT2D eigenvalue weighted by Crippen LogP contribution is -2.22. The largest absolute Gasteiger partial charge is 0.396 e. The van der Waals surface area contributed by atoms with Crippen LogP contribution in [0.3, 0.4) is 0 Å². The molecular formula is C15H24O2. The van der Waals surface area contributed by atoms with Crippen LogP contribution in [0.1, 0.15) is 51.7 Å². The summed E-state index contributed by atoms with van der Waals surface area (Å²) in [6, 6.07) is 8.11. The zero-order valence-electron chi connectivity index (χ0n) is 11.3. The lowest BCUT2D eigenvalue weighted by atomic mass is 9.84. The fourth-order valence-electron chi connectivity index (χ4n) is 1.90. The van der Waals surface area contributed by atoms with E-state index in [0.29, 0.717) is 12.8 Å². The van der Waals surface area contributed by atoms with Gasteiger partial charge in [-0.1, -0.05) is 45.0 Å². The number of aliphatic hydroxyl groups excluding tert-OH is 1. The van der Waals surface area contributed by atoms with Crippen LogP contribution in [0, 0.1) is 0 Å². The number of benzene rings is 1. The van der Waals surface area contributed by atoms with E-state index in [1.165, 1.54) is 5.56 Å². The zero-order valence-corrected chi connectivity index (χ0v) is 11.3. The Morgan fingerprint density at radius 3 is 1.82 bits per heavy atom. The lowest BCUT2D eigenvalue weighted by Gasteiger charge is -2.25. The van der Waals surface area contributed by atoms with Crippen LogP contribution < -0.4 is 0 Å². The minimum atomic E-state index is -0.848. The van der Waals surface area contributed by atoms with Crippen molar-refractivity contribution in [2.24, 2.45) is 0 Å². The Bertz CT molecular complexity index is 344. The summed E-state index contributed by atoms with van der Waals surface area (Å²) in [6.45, 7) is 8.44. The first-order valence-electron chi connectivity index (χ1n) is 6.21. The van der Waals surface area contributed by atoms with Gasteiger partial charge in [0.05, 0.1) is 5.60 Å². The van der Waals surface area contributed by atoms with E-state index in [4.69, 9.17) is 5.11 Å². The molecule has 0 amide bonds. The fourth-order valence-corrected chi connectivity index (χ4v) is 1.90. The van der Waals surface area contributed by atoms with Gasteiger partial charge < -0.3 is 10.2 Å². The molecule has 0 aromatic heterocycles. The molecule has 0 saturated carbocycles. The molecule has 0 saturated heterocycles. The molecule has 0 heterocycles. The van der Waals surface area contributed by atoms with Crippen molar-refractivity contribution >= 4 is 0 Å². The first kappa shape index (κ1) is 14.2. The molecule has 1 aromatic carbocycles. The van der Waals surface area contributed by atoms with Crippen molar-refractivity contribution in [3.63, 3.8) is 0 Å². The summed E-state index contributed by atoms with van der Waals surface area (Å²) in [5.41, 5.74) is 1.47. The van der Waals surface area contributed by atoms with Gasteiger partial charge in [0, 0.05) is 6.61 Å². The smallest absolute Gasteiger partial charge is 0.0869 e. The normalized spacial score (nSPS) is 15.6. The maximum absolute atomic E-state index is 10.3. The van der Waals surface area contributed by atoms with Crippen LogP contribution in [0.2, 0.25) is 0 Å². The van der Waals surface area contributed by atoms with E-state index in [1.54, 1.807) is 6.92 Å². The van der Waals surface area contributed by atoms with Gasteiger partial charge in [-0.2, -0.15) is 0 Å². The lowest BCUT2D eigenvalue weighted by molar-refractivity contribution is 0.0403. The molecule has 0 fully saturated rings. The molecule has 0 bridgehead atoms. The molecule has 1 unspecified atom stereocenters. The van der Waals surface area contributed by atoms with Gasteiger partial charge in [-0.3, -0.25) is 0 Å². The summed E-state index contributed by atoms with van der Waals surface area (Å²) in [6.07, 6.45) is 1.20. The molecule has 1 atom stereocenters. The van der Waals surface area contributed by atoms with Crippen molar-refractivity contribution < 1.29 is 10.2 Å². The summed E-state index contributed by atoms with van der Waals surface area (Å²) in [5, 5.41) is 19.1. The standard InChI is InChI=1S/C15H24O2/c1-14(2,3)12-6-8-13(9-7-12)15(4,17)10-5-11-16/h6-9,16-17H,5,10-11H2,1-4H3. The van der Waals surface area contributed by atoms with Crippen molar-refractivity contribution in [2.75, 3.05) is 6.61 Å². The van der Waals surface area contributed by atoms with Crippen LogP contribution in [-0.2, 0) is 11.0 Å². The number of hydrogen-bond donors (Lipinski definition) is 2. The molecule has 0 spiro atoms. The maximum atomic E-state index is 10.3. The Morgan fingerprint density at radius 1 is 0.941 bits per heavy atom. The van der Waals surface area contributed by atoms with Crippen molar-refractivity contribution in [3.05, 3.63) is 35.4 Å². The van der Waals surface area contributed by atoms with E-state index in [0.717, 1.165) is 5.56 Å². The van der Waals surface area contributed by atoms with Crippen LogP contribution in [-0.4, -0.2) is 16.8 Å². The summed E-state index contributed by atoms with van der Waals surface area (Å²) >= 11 is 0. The van der Waals surface area contributed by atoms with E-state index in [1.807, 2.05) is 12.1 Å². The Kier molecular flexibility index (Phi) is 4.34. The number of hydrogen-bond acceptors (Lipinski definition) is 2. The second-order valence-electron chi connectivity index (χ2n) is 5.93. The van der Waals surface area contributed by atoms with Gasteiger partial charge in [-0.15, -0.1) is 0 Å². The molecule has 0 aliphatic carbocycles. The molecule has 0 aliphatic rings. The van der Waals surface area contributed by atoms with Gasteiger partial charge in [0.1, 0.15) is 0 Å². The summed E-state index contributed by atoms with van der Waals surface area (Å²) in [7, 11) is 0. The Balaban J connectivity index is 2.87. The molecule has 1 aromatic rings. The summed E-state index contributed by atoms with van der Waals surface area (Å²) in [4.78, 5) is 0. The summed E-state index contributed by atoms with van der Waals surface area (Å²) in [5.74, 6) is 0. The Morgan fingerprint density at radius 2 is 1.41 bits per heavy atom. The second kappa shape index (κ2) is 5.19. The van der Waals surface area contributed by atoms with Crippen LogP contribution >= 0.6 is 0 Å². The zero-order chi connectivity index (χ0) is 13.1. The Hall–Kier alpha value is -0.860. The van der Waals surface area contributed by atoms with Crippen LogP contribution in [0.5, 0.6) is 0 Å². The number of rotatable bonds is 4. The average Bonchev–Trinajstić information content (AvgIpc) is 2.25. The fraction of sp³-hybridized carbons (Fsp3) is 0.600.